The first-order valence-corrected chi connectivity index (χ1v) is 8.07. The molecule has 3 heterocycles. The molecular weight excluding hydrogens is 359 g/mol. The van der Waals surface area contributed by atoms with E-state index in [1.165, 1.54) is 6.33 Å². The SMILES string of the molecule is Nc1ncnc2c1nnn2[C@@H]1O[C@H](COC(=O)c2ccccc2)[C@@H](O)[C@@H]1F. The first kappa shape index (κ1) is 17.2. The molecule has 1 saturated heterocycles. The summed E-state index contributed by atoms with van der Waals surface area (Å²) >= 11 is 0. The van der Waals surface area contributed by atoms with E-state index in [0.29, 0.717) is 5.56 Å². The standard InChI is InChI=1S/C16H15FN6O4/c17-10-12(24)9(6-26-16(25)8-4-2-1-3-5-8)27-15(10)23-14-11(21-22-23)13(18)19-7-20-14/h1-5,7,9-10,12,15,24H,6H2,(H2,18,19,20)/t9-,10+,12-,15-/m1/s1. The van der Waals surface area contributed by atoms with Crippen molar-refractivity contribution in [2.24, 2.45) is 0 Å². The predicted octanol–water partition coefficient (Wildman–Crippen LogP) is 0.257. The van der Waals surface area contributed by atoms with Crippen LogP contribution in [0.3, 0.4) is 0 Å². The minimum atomic E-state index is -1.83. The maximum atomic E-state index is 14.6. The van der Waals surface area contributed by atoms with Crippen LogP contribution in [-0.4, -0.2) is 61.0 Å². The van der Waals surface area contributed by atoms with Crippen LogP contribution in [0.5, 0.6) is 0 Å². The van der Waals surface area contributed by atoms with Crippen LogP contribution in [-0.2, 0) is 9.47 Å². The highest BCUT2D eigenvalue weighted by Crippen LogP contribution is 2.33. The smallest absolute Gasteiger partial charge is 0.338 e. The summed E-state index contributed by atoms with van der Waals surface area (Å²) in [7, 11) is 0. The number of alkyl halides is 1. The van der Waals surface area contributed by atoms with Crippen LogP contribution >= 0.6 is 0 Å². The molecule has 1 aromatic carbocycles. The van der Waals surface area contributed by atoms with Crippen molar-refractivity contribution in [2.45, 2.75) is 24.6 Å². The van der Waals surface area contributed by atoms with E-state index >= 15 is 0 Å². The van der Waals surface area contributed by atoms with E-state index in [1.807, 2.05) is 0 Å². The summed E-state index contributed by atoms with van der Waals surface area (Å²) < 4.78 is 26.3. The number of rotatable bonds is 4. The zero-order valence-electron chi connectivity index (χ0n) is 13.8. The van der Waals surface area contributed by atoms with Gasteiger partial charge in [-0.2, -0.15) is 4.68 Å². The lowest BCUT2D eigenvalue weighted by atomic mass is 10.1. The Morgan fingerprint density at radius 3 is 2.89 bits per heavy atom. The van der Waals surface area contributed by atoms with Gasteiger partial charge in [-0.1, -0.05) is 23.4 Å². The predicted molar refractivity (Wildman–Crippen MR) is 89.1 cm³/mol. The Morgan fingerprint density at radius 1 is 1.33 bits per heavy atom. The highest BCUT2D eigenvalue weighted by Gasteiger charge is 2.47. The van der Waals surface area contributed by atoms with E-state index in [2.05, 4.69) is 20.3 Å². The largest absolute Gasteiger partial charge is 0.459 e. The minimum Gasteiger partial charge on any atom is -0.459 e. The molecule has 4 atom stereocenters. The van der Waals surface area contributed by atoms with E-state index in [4.69, 9.17) is 15.2 Å². The number of ether oxygens (including phenoxy) is 2. The molecule has 3 N–H and O–H groups in total. The summed E-state index contributed by atoms with van der Waals surface area (Å²) in [5, 5.41) is 17.7. The first-order chi connectivity index (χ1) is 13.1. The second-order valence-electron chi connectivity index (χ2n) is 5.93. The summed E-state index contributed by atoms with van der Waals surface area (Å²) in [5.41, 5.74) is 6.39. The quantitative estimate of drug-likeness (QED) is 0.616. The summed E-state index contributed by atoms with van der Waals surface area (Å²) in [6.07, 6.45) is -4.52. The molecule has 0 amide bonds. The normalized spacial score (nSPS) is 25.0. The summed E-state index contributed by atoms with van der Waals surface area (Å²) in [4.78, 5) is 19.8. The van der Waals surface area contributed by atoms with Crippen LogP contribution in [0, 0.1) is 0 Å². The third-order valence-corrected chi connectivity index (χ3v) is 4.21. The van der Waals surface area contributed by atoms with Crippen molar-refractivity contribution in [2.75, 3.05) is 12.3 Å². The molecule has 0 radical (unpaired) electrons. The monoisotopic (exact) mass is 374 g/mol. The molecule has 0 spiro atoms. The van der Waals surface area contributed by atoms with Gasteiger partial charge in [-0.15, -0.1) is 5.10 Å². The third kappa shape index (κ3) is 3.06. The second-order valence-corrected chi connectivity index (χ2v) is 5.93. The number of carbonyl (C=O) groups is 1. The average Bonchev–Trinajstić information content (AvgIpc) is 3.23. The number of fused-ring (bicyclic) bond motifs is 1. The molecule has 4 rings (SSSR count). The van der Waals surface area contributed by atoms with Gasteiger partial charge < -0.3 is 20.3 Å². The number of carbonyl (C=O) groups excluding carboxylic acids is 1. The van der Waals surface area contributed by atoms with E-state index in [-0.39, 0.29) is 23.6 Å². The van der Waals surface area contributed by atoms with Gasteiger partial charge in [0.15, 0.2) is 29.4 Å². The second kappa shape index (κ2) is 6.85. The lowest BCUT2D eigenvalue weighted by Crippen LogP contribution is -2.32. The molecule has 140 valence electrons. The van der Waals surface area contributed by atoms with Gasteiger partial charge in [0.1, 0.15) is 25.1 Å². The number of anilines is 1. The van der Waals surface area contributed by atoms with Gasteiger partial charge in [-0.3, -0.25) is 0 Å². The zero-order valence-corrected chi connectivity index (χ0v) is 13.8. The fourth-order valence-corrected chi connectivity index (χ4v) is 2.81. The number of benzene rings is 1. The van der Waals surface area contributed by atoms with Crippen LogP contribution < -0.4 is 5.73 Å². The molecule has 10 nitrogen and oxygen atoms in total. The van der Waals surface area contributed by atoms with Gasteiger partial charge in [0.25, 0.3) is 0 Å². The van der Waals surface area contributed by atoms with Crippen molar-refractivity contribution >= 4 is 23.0 Å². The van der Waals surface area contributed by atoms with E-state index < -0.39 is 30.6 Å². The summed E-state index contributed by atoms with van der Waals surface area (Å²) in [6, 6.07) is 8.31. The maximum Gasteiger partial charge on any atom is 0.338 e. The topological polar surface area (TPSA) is 138 Å². The molecule has 1 aliphatic rings. The van der Waals surface area contributed by atoms with E-state index in [9.17, 15) is 14.3 Å². The van der Waals surface area contributed by atoms with Gasteiger partial charge in [-0.05, 0) is 12.1 Å². The average molecular weight is 374 g/mol. The fourth-order valence-electron chi connectivity index (χ4n) is 2.81. The van der Waals surface area contributed by atoms with Gasteiger partial charge in [0.05, 0.1) is 5.56 Å². The molecule has 0 saturated carbocycles. The molecule has 0 bridgehead atoms. The Labute approximate surface area is 151 Å². The number of aromatic nitrogens is 5. The summed E-state index contributed by atoms with van der Waals surface area (Å²) in [5.74, 6) is -0.509. The van der Waals surface area contributed by atoms with E-state index in [0.717, 1.165) is 4.68 Å². The van der Waals surface area contributed by atoms with Crippen molar-refractivity contribution in [3.8, 4) is 0 Å². The van der Waals surface area contributed by atoms with Crippen LogP contribution in [0.25, 0.3) is 11.2 Å². The Kier molecular flexibility index (Phi) is 4.38. The summed E-state index contributed by atoms with van der Waals surface area (Å²) in [6.45, 7) is -0.324. The number of hydrogen-bond donors (Lipinski definition) is 2. The Morgan fingerprint density at radius 2 is 2.11 bits per heavy atom. The van der Waals surface area contributed by atoms with Crippen LogP contribution in [0.1, 0.15) is 16.6 Å². The molecule has 0 unspecified atom stereocenters. The maximum absolute atomic E-state index is 14.6. The van der Waals surface area contributed by atoms with Crippen molar-refractivity contribution < 1.29 is 23.8 Å². The van der Waals surface area contributed by atoms with Crippen LogP contribution in [0.2, 0.25) is 0 Å². The van der Waals surface area contributed by atoms with Gasteiger partial charge in [0, 0.05) is 0 Å². The molecule has 0 aliphatic carbocycles. The lowest BCUT2D eigenvalue weighted by Gasteiger charge is -2.14. The fraction of sp³-hybridized carbons (Fsp3) is 0.312. The number of aliphatic hydroxyl groups is 1. The molecular formula is C16H15FN6O4. The number of esters is 1. The van der Waals surface area contributed by atoms with Gasteiger partial charge >= 0.3 is 5.97 Å². The van der Waals surface area contributed by atoms with Gasteiger partial charge in [0.2, 0.25) is 0 Å². The number of halogens is 1. The van der Waals surface area contributed by atoms with Crippen LogP contribution in [0.4, 0.5) is 10.2 Å². The van der Waals surface area contributed by atoms with Crippen molar-refractivity contribution in [1.82, 2.24) is 25.0 Å². The lowest BCUT2D eigenvalue weighted by molar-refractivity contribution is -0.0573. The number of aliphatic hydroxyl groups excluding tert-OH is 1. The first-order valence-electron chi connectivity index (χ1n) is 8.07. The molecule has 1 aliphatic heterocycles. The van der Waals surface area contributed by atoms with Gasteiger partial charge in [-0.25, -0.2) is 19.2 Å². The van der Waals surface area contributed by atoms with Crippen molar-refractivity contribution in [1.29, 1.82) is 0 Å². The van der Waals surface area contributed by atoms with Crippen molar-refractivity contribution in [3.05, 3.63) is 42.2 Å². The highest BCUT2D eigenvalue weighted by molar-refractivity contribution is 5.89. The number of nitrogen functional groups attached to an aromatic ring is 1. The Bertz CT molecular complexity index is 968. The number of nitrogens with zero attached hydrogens (tertiary/aromatic N) is 5. The minimum absolute atomic E-state index is 0.0912. The molecule has 27 heavy (non-hydrogen) atoms. The van der Waals surface area contributed by atoms with Crippen LogP contribution in [0.15, 0.2) is 36.7 Å². The zero-order chi connectivity index (χ0) is 19.0. The highest BCUT2D eigenvalue weighted by atomic mass is 19.1. The number of nitrogens with two attached hydrogens (primary N) is 1. The molecule has 3 aromatic rings. The molecule has 1 fully saturated rings. The Hall–Kier alpha value is -3.18. The number of hydrogen-bond acceptors (Lipinski definition) is 9. The molecule has 11 heteroatoms. The Balaban J connectivity index is 1.49. The third-order valence-electron chi connectivity index (χ3n) is 4.21. The molecule has 2 aromatic heterocycles. The van der Waals surface area contributed by atoms with E-state index in [1.54, 1.807) is 30.3 Å². The van der Waals surface area contributed by atoms with Crippen molar-refractivity contribution in [3.63, 3.8) is 0 Å².